The Morgan fingerprint density at radius 2 is 1.36 bits per heavy atom. The first kappa shape index (κ1) is 15.6. The van der Waals surface area contributed by atoms with Gasteiger partial charge in [0, 0.05) is 29.9 Å². The highest BCUT2D eigenvalue weighted by Crippen LogP contribution is 2.55. The molecule has 1 unspecified atom stereocenters. The van der Waals surface area contributed by atoms with Crippen LogP contribution < -0.4 is 0 Å². The highest BCUT2D eigenvalue weighted by Gasteiger charge is 2.57. The van der Waals surface area contributed by atoms with Crippen LogP contribution in [0.2, 0.25) is 0 Å². The molecular formula is C20H15F2N3. The van der Waals surface area contributed by atoms with Crippen molar-refractivity contribution in [1.29, 1.82) is 0 Å². The second-order valence-electron chi connectivity index (χ2n) is 6.03. The fourth-order valence-corrected chi connectivity index (χ4v) is 2.73. The lowest BCUT2D eigenvalue weighted by atomic mass is 10.0. The molecule has 0 radical (unpaired) electrons. The van der Waals surface area contributed by atoms with E-state index in [4.69, 9.17) is 0 Å². The normalized spacial score (nSPS) is 17.8. The Kier molecular flexibility index (Phi) is 3.84. The number of hydrogen-bond donors (Lipinski definition) is 0. The molecule has 0 spiro atoms. The van der Waals surface area contributed by atoms with Crippen LogP contribution in [-0.2, 0) is 0 Å². The van der Waals surface area contributed by atoms with E-state index >= 15 is 0 Å². The summed E-state index contributed by atoms with van der Waals surface area (Å²) in [6.45, 7) is 0. The Hall–Kier alpha value is -2.95. The van der Waals surface area contributed by atoms with Crippen molar-refractivity contribution < 1.29 is 8.78 Å². The molecule has 1 heterocycles. The van der Waals surface area contributed by atoms with Crippen LogP contribution in [0.25, 0.3) is 0 Å². The number of rotatable bonds is 4. The number of alkyl halides is 2. The van der Waals surface area contributed by atoms with Crippen LogP contribution in [-0.4, -0.2) is 21.6 Å². The number of aliphatic imine (C=N–C) groups is 1. The summed E-state index contributed by atoms with van der Waals surface area (Å²) in [5.41, 5.74) is 3.08. The fourth-order valence-electron chi connectivity index (χ4n) is 2.73. The van der Waals surface area contributed by atoms with Crippen LogP contribution in [0.1, 0.15) is 29.0 Å². The molecule has 0 N–H and O–H groups in total. The van der Waals surface area contributed by atoms with E-state index in [2.05, 4.69) is 15.0 Å². The maximum atomic E-state index is 13.2. The van der Waals surface area contributed by atoms with Crippen molar-refractivity contribution in [2.45, 2.75) is 18.3 Å². The lowest BCUT2D eigenvalue weighted by Gasteiger charge is -2.07. The molecule has 0 bridgehead atoms. The van der Waals surface area contributed by atoms with Crippen molar-refractivity contribution in [3.05, 3.63) is 89.7 Å². The van der Waals surface area contributed by atoms with Gasteiger partial charge in [0.2, 0.25) is 5.95 Å². The zero-order valence-corrected chi connectivity index (χ0v) is 13.3. The third-order valence-corrected chi connectivity index (χ3v) is 4.19. The maximum Gasteiger partial charge on any atom is 0.256 e. The summed E-state index contributed by atoms with van der Waals surface area (Å²) < 4.78 is 26.3. The van der Waals surface area contributed by atoms with Crippen LogP contribution in [0.4, 0.5) is 14.7 Å². The molecule has 25 heavy (non-hydrogen) atoms. The highest BCUT2D eigenvalue weighted by atomic mass is 19.3. The summed E-state index contributed by atoms with van der Waals surface area (Å²) in [6.07, 6.45) is 2.77. The van der Waals surface area contributed by atoms with Crippen LogP contribution in [0.5, 0.6) is 0 Å². The number of hydrogen-bond acceptors (Lipinski definition) is 3. The summed E-state index contributed by atoms with van der Waals surface area (Å²) >= 11 is 0. The van der Waals surface area contributed by atoms with Gasteiger partial charge in [-0.25, -0.2) is 23.7 Å². The van der Waals surface area contributed by atoms with Gasteiger partial charge in [-0.2, -0.15) is 0 Å². The summed E-state index contributed by atoms with van der Waals surface area (Å²) in [5.74, 6) is -3.11. The van der Waals surface area contributed by atoms with E-state index < -0.39 is 11.8 Å². The summed E-state index contributed by atoms with van der Waals surface area (Å²) in [6, 6.07) is 19.5. The molecule has 1 aliphatic carbocycles. The molecule has 1 aliphatic rings. The molecular weight excluding hydrogens is 320 g/mol. The topological polar surface area (TPSA) is 38.1 Å². The molecule has 2 aromatic carbocycles. The van der Waals surface area contributed by atoms with Gasteiger partial charge in [-0.05, 0) is 5.56 Å². The molecule has 0 amide bonds. The minimum atomic E-state index is -2.62. The number of halogens is 2. The summed E-state index contributed by atoms with van der Waals surface area (Å²) in [5, 5.41) is 0. The SMILES string of the molecule is FC1(F)CC1c1cnc(N=C(c2ccccc2)c2ccccc2)nc1. The van der Waals surface area contributed by atoms with Crippen molar-refractivity contribution in [3.8, 4) is 0 Å². The van der Waals surface area contributed by atoms with Gasteiger partial charge >= 0.3 is 0 Å². The minimum Gasteiger partial charge on any atom is -0.219 e. The molecule has 0 saturated heterocycles. The predicted molar refractivity (Wildman–Crippen MR) is 92.5 cm³/mol. The van der Waals surface area contributed by atoms with E-state index in [1.807, 2.05) is 60.7 Å². The van der Waals surface area contributed by atoms with E-state index in [9.17, 15) is 8.78 Å². The Balaban J connectivity index is 1.70. The van der Waals surface area contributed by atoms with Crippen LogP contribution in [0.15, 0.2) is 78.0 Å². The average molecular weight is 335 g/mol. The molecule has 1 fully saturated rings. The van der Waals surface area contributed by atoms with Crippen LogP contribution in [0.3, 0.4) is 0 Å². The van der Waals surface area contributed by atoms with Gasteiger partial charge < -0.3 is 0 Å². The largest absolute Gasteiger partial charge is 0.256 e. The van der Waals surface area contributed by atoms with Gasteiger partial charge in [-0.15, -0.1) is 0 Å². The molecule has 124 valence electrons. The van der Waals surface area contributed by atoms with E-state index in [-0.39, 0.29) is 12.4 Å². The molecule has 5 heteroatoms. The summed E-state index contributed by atoms with van der Waals surface area (Å²) in [4.78, 5) is 12.9. The van der Waals surface area contributed by atoms with Gasteiger partial charge in [0.05, 0.1) is 11.6 Å². The maximum absolute atomic E-state index is 13.2. The van der Waals surface area contributed by atoms with Gasteiger partial charge in [0.25, 0.3) is 5.92 Å². The van der Waals surface area contributed by atoms with E-state index in [0.717, 1.165) is 16.8 Å². The molecule has 1 aromatic heterocycles. The van der Waals surface area contributed by atoms with Crippen molar-refractivity contribution in [2.75, 3.05) is 0 Å². The van der Waals surface area contributed by atoms with Crippen molar-refractivity contribution in [3.63, 3.8) is 0 Å². The fraction of sp³-hybridized carbons (Fsp3) is 0.150. The number of benzene rings is 2. The van der Waals surface area contributed by atoms with Crippen LogP contribution >= 0.6 is 0 Å². The second kappa shape index (κ2) is 6.16. The van der Waals surface area contributed by atoms with Crippen molar-refractivity contribution >= 4 is 11.7 Å². The Labute approximate surface area is 144 Å². The zero-order valence-electron chi connectivity index (χ0n) is 13.3. The lowest BCUT2D eigenvalue weighted by Crippen LogP contribution is -2.03. The van der Waals surface area contributed by atoms with Crippen LogP contribution in [0, 0.1) is 0 Å². The molecule has 3 nitrogen and oxygen atoms in total. The molecule has 4 rings (SSSR count). The van der Waals surface area contributed by atoms with Gasteiger partial charge in [-0.3, -0.25) is 0 Å². The quantitative estimate of drug-likeness (QED) is 0.644. The molecule has 0 aliphatic heterocycles. The Bertz CT molecular complexity index is 850. The number of nitrogens with zero attached hydrogens (tertiary/aromatic N) is 3. The van der Waals surface area contributed by atoms with Gasteiger partial charge in [0.1, 0.15) is 0 Å². The predicted octanol–water partition coefficient (Wildman–Crippen LogP) is 4.77. The Morgan fingerprint density at radius 1 is 0.880 bits per heavy atom. The second-order valence-corrected chi connectivity index (χ2v) is 6.03. The lowest BCUT2D eigenvalue weighted by molar-refractivity contribution is 0.112. The molecule has 1 atom stereocenters. The first-order valence-corrected chi connectivity index (χ1v) is 8.03. The van der Waals surface area contributed by atoms with Crippen molar-refractivity contribution in [1.82, 2.24) is 9.97 Å². The van der Waals surface area contributed by atoms with Gasteiger partial charge in [-0.1, -0.05) is 60.7 Å². The summed E-state index contributed by atoms with van der Waals surface area (Å²) in [7, 11) is 0. The van der Waals surface area contributed by atoms with Gasteiger partial charge in [0.15, 0.2) is 0 Å². The monoisotopic (exact) mass is 335 g/mol. The highest BCUT2D eigenvalue weighted by molar-refractivity contribution is 6.13. The first-order chi connectivity index (χ1) is 12.1. The molecule has 1 saturated carbocycles. The smallest absolute Gasteiger partial charge is 0.219 e. The zero-order chi connectivity index (χ0) is 17.3. The standard InChI is InChI=1S/C20H15F2N3/c21-20(22)11-17(20)16-12-23-19(24-13-16)25-18(14-7-3-1-4-8-14)15-9-5-2-6-10-15/h1-10,12-13,17H,11H2. The van der Waals surface area contributed by atoms with Crippen molar-refractivity contribution in [2.24, 2.45) is 4.99 Å². The number of aromatic nitrogens is 2. The minimum absolute atomic E-state index is 0.127. The third-order valence-electron chi connectivity index (χ3n) is 4.19. The Morgan fingerprint density at radius 3 is 1.80 bits per heavy atom. The average Bonchev–Trinajstić information content (AvgIpc) is 3.30. The third kappa shape index (κ3) is 3.31. The van der Waals surface area contributed by atoms with E-state index in [1.165, 1.54) is 12.4 Å². The van der Waals surface area contributed by atoms with E-state index in [0.29, 0.717) is 5.56 Å². The van der Waals surface area contributed by atoms with E-state index in [1.54, 1.807) is 0 Å². The molecule has 3 aromatic rings. The first-order valence-electron chi connectivity index (χ1n) is 8.03.